The molecule has 2 aliphatic heterocycles. The number of epoxide rings is 1. The van der Waals surface area contributed by atoms with Gasteiger partial charge in [0.1, 0.15) is 12.2 Å². The molecule has 1 saturated heterocycles. The third-order valence-corrected chi connectivity index (χ3v) is 2.65. The van der Waals surface area contributed by atoms with E-state index in [-0.39, 0.29) is 24.3 Å². The number of rotatable bonds is 2. The quantitative estimate of drug-likeness (QED) is 0.514. The first kappa shape index (κ1) is 10.4. The number of carbonyl (C=O) groups is 1. The molecule has 0 radical (unpaired) electrons. The maximum Gasteiger partial charge on any atom is 0.331 e. The van der Waals surface area contributed by atoms with Gasteiger partial charge in [0.2, 0.25) is 0 Å². The highest BCUT2D eigenvalue weighted by Crippen LogP contribution is 2.30. The lowest BCUT2D eigenvalue weighted by Crippen LogP contribution is -2.19. The van der Waals surface area contributed by atoms with Gasteiger partial charge in [0.25, 0.3) is 0 Å². The van der Waals surface area contributed by atoms with Crippen LogP contribution in [0, 0.1) is 0 Å². The summed E-state index contributed by atoms with van der Waals surface area (Å²) >= 11 is 0. The summed E-state index contributed by atoms with van der Waals surface area (Å²) in [5.41, 5.74) is 0. The zero-order chi connectivity index (χ0) is 10.7. The fraction of sp³-hybridized carbons (Fsp3) is 0.583. The van der Waals surface area contributed by atoms with Crippen molar-refractivity contribution in [2.75, 3.05) is 0 Å². The minimum Gasteiger partial charge on any atom is -0.459 e. The molecule has 0 bridgehead atoms. The monoisotopic (exact) mass is 208 g/mol. The molecule has 3 atom stereocenters. The van der Waals surface area contributed by atoms with Crippen molar-refractivity contribution >= 4 is 5.97 Å². The number of ether oxygens (including phenoxy) is 2. The Bertz CT molecular complexity index is 293. The van der Waals surface area contributed by atoms with Crippen LogP contribution in [0.5, 0.6) is 0 Å². The first-order chi connectivity index (χ1) is 7.29. The van der Waals surface area contributed by atoms with Gasteiger partial charge >= 0.3 is 5.97 Å². The Labute approximate surface area is 89.8 Å². The highest BCUT2D eigenvalue weighted by atomic mass is 16.6. The van der Waals surface area contributed by atoms with Gasteiger partial charge in [0.05, 0.1) is 6.10 Å². The molecule has 0 aliphatic carbocycles. The number of fused-ring (bicyclic) bond motifs is 1. The highest BCUT2D eigenvalue weighted by Gasteiger charge is 2.38. The van der Waals surface area contributed by atoms with Crippen LogP contribution in [0.3, 0.4) is 0 Å². The molecule has 0 saturated carbocycles. The molecule has 0 unspecified atom stereocenters. The Morgan fingerprint density at radius 1 is 1.47 bits per heavy atom. The van der Waals surface area contributed by atoms with Crippen LogP contribution in [0.15, 0.2) is 24.3 Å². The van der Waals surface area contributed by atoms with E-state index in [9.17, 15) is 4.79 Å². The number of allylic oxidation sites excluding steroid dienone is 2. The van der Waals surface area contributed by atoms with Gasteiger partial charge in [-0.25, -0.2) is 4.79 Å². The van der Waals surface area contributed by atoms with Gasteiger partial charge in [-0.3, -0.25) is 0 Å². The zero-order valence-electron chi connectivity index (χ0n) is 8.89. The van der Waals surface area contributed by atoms with Crippen molar-refractivity contribution in [1.82, 2.24) is 0 Å². The van der Waals surface area contributed by atoms with Gasteiger partial charge in [0, 0.05) is 12.5 Å². The summed E-state index contributed by atoms with van der Waals surface area (Å²) in [6, 6.07) is 0. The SMILES string of the molecule is CCC[C@H]1C[C@H]2O[C@H]2/C=C\C=C/C(=O)O1. The Morgan fingerprint density at radius 3 is 3.13 bits per heavy atom. The van der Waals surface area contributed by atoms with E-state index >= 15 is 0 Å². The molecule has 0 amide bonds. The third-order valence-electron chi connectivity index (χ3n) is 2.65. The van der Waals surface area contributed by atoms with Crippen LogP contribution in [0.25, 0.3) is 0 Å². The van der Waals surface area contributed by atoms with Gasteiger partial charge in [-0.05, 0) is 6.42 Å². The van der Waals surface area contributed by atoms with Crippen molar-refractivity contribution in [2.45, 2.75) is 44.5 Å². The molecule has 2 heterocycles. The van der Waals surface area contributed by atoms with E-state index in [1.165, 1.54) is 6.08 Å². The van der Waals surface area contributed by atoms with Crippen LogP contribution in [-0.4, -0.2) is 24.3 Å². The van der Waals surface area contributed by atoms with E-state index in [1.54, 1.807) is 6.08 Å². The second-order valence-corrected chi connectivity index (χ2v) is 3.97. The summed E-state index contributed by atoms with van der Waals surface area (Å²) in [6.07, 6.45) is 10.2. The van der Waals surface area contributed by atoms with Gasteiger partial charge in [-0.2, -0.15) is 0 Å². The van der Waals surface area contributed by atoms with E-state index in [2.05, 4.69) is 6.92 Å². The average molecular weight is 208 g/mol. The van der Waals surface area contributed by atoms with Gasteiger partial charge in [0.15, 0.2) is 0 Å². The average Bonchev–Trinajstić information content (AvgIpc) is 2.92. The van der Waals surface area contributed by atoms with Crippen LogP contribution in [0.1, 0.15) is 26.2 Å². The highest BCUT2D eigenvalue weighted by molar-refractivity contribution is 5.82. The molecule has 0 aromatic rings. The van der Waals surface area contributed by atoms with Crippen LogP contribution in [0.2, 0.25) is 0 Å². The smallest absolute Gasteiger partial charge is 0.331 e. The largest absolute Gasteiger partial charge is 0.459 e. The standard InChI is InChI=1S/C12H16O3/c1-2-5-9-8-11-10(15-11)6-3-4-7-12(13)14-9/h3-4,6-7,9-11H,2,5,8H2,1H3/b6-3-,7-4-/t9-,10-,11+/m0/s1. The van der Waals surface area contributed by atoms with Crippen molar-refractivity contribution in [3.8, 4) is 0 Å². The van der Waals surface area contributed by atoms with Crippen molar-refractivity contribution in [2.24, 2.45) is 0 Å². The molecule has 2 rings (SSSR count). The van der Waals surface area contributed by atoms with Crippen molar-refractivity contribution in [3.05, 3.63) is 24.3 Å². The summed E-state index contributed by atoms with van der Waals surface area (Å²) in [5.74, 6) is -0.253. The third kappa shape index (κ3) is 2.93. The Morgan fingerprint density at radius 2 is 2.33 bits per heavy atom. The lowest BCUT2D eigenvalue weighted by Gasteiger charge is -2.15. The predicted molar refractivity (Wildman–Crippen MR) is 56.3 cm³/mol. The molecule has 3 nitrogen and oxygen atoms in total. The number of hydrogen-bond acceptors (Lipinski definition) is 3. The molecule has 3 heteroatoms. The molecular weight excluding hydrogens is 192 g/mol. The Kier molecular flexibility index (Phi) is 3.21. The second kappa shape index (κ2) is 4.62. The maximum atomic E-state index is 11.3. The Balaban J connectivity index is 2.00. The van der Waals surface area contributed by atoms with Crippen LogP contribution in [-0.2, 0) is 14.3 Å². The van der Waals surface area contributed by atoms with Gasteiger partial charge in [-0.15, -0.1) is 0 Å². The second-order valence-electron chi connectivity index (χ2n) is 3.97. The lowest BCUT2D eigenvalue weighted by molar-refractivity contribution is -0.143. The minimum absolute atomic E-state index is 0.00801. The topological polar surface area (TPSA) is 38.8 Å². The van der Waals surface area contributed by atoms with Crippen LogP contribution < -0.4 is 0 Å². The summed E-state index contributed by atoms with van der Waals surface area (Å²) in [5, 5.41) is 0. The van der Waals surface area contributed by atoms with E-state index in [4.69, 9.17) is 9.47 Å². The molecule has 2 aliphatic rings. The molecule has 82 valence electrons. The van der Waals surface area contributed by atoms with E-state index in [0.29, 0.717) is 0 Å². The fourth-order valence-corrected chi connectivity index (χ4v) is 1.83. The molecule has 0 aromatic heterocycles. The number of esters is 1. The molecule has 1 fully saturated rings. The molecular formula is C12H16O3. The Hall–Kier alpha value is -1.09. The zero-order valence-corrected chi connectivity index (χ0v) is 8.89. The van der Waals surface area contributed by atoms with Crippen molar-refractivity contribution in [1.29, 1.82) is 0 Å². The van der Waals surface area contributed by atoms with Gasteiger partial charge in [-0.1, -0.05) is 31.6 Å². The minimum atomic E-state index is -0.253. The number of hydrogen-bond donors (Lipinski definition) is 0. The first-order valence-corrected chi connectivity index (χ1v) is 5.50. The normalized spacial score (nSPS) is 38.7. The van der Waals surface area contributed by atoms with Gasteiger partial charge < -0.3 is 9.47 Å². The molecule has 15 heavy (non-hydrogen) atoms. The van der Waals surface area contributed by atoms with E-state index < -0.39 is 0 Å². The summed E-state index contributed by atoms with van der Waals surface area (Å²) in [4.78, 5) is 11.3. The first-order valence-electron chi connectivity index (χ1n) is 5.50. The van der Waals surface area contributed by atoms with Crippen molar-refractivity contribution in [3.63, 3.8) is 0 Å². The number of cyclic esters (lactones) is 1. The summed E-state index contributed by atoms with van der Waals surface area (Å²) in [6.45, 7) is 2.09. The fourth-order valence-electron chi connectivity index (χ4n) is 1.83. The number of carbonyl (C=O) groups excluding carboxylic acids is 1. The lowest BCUT2D eigenvalue weighted by atomic mass is 10.1. The predicted octanol–water partition coefficient (Wildman–Crippen LogP) is 1.98. The van der Waals surface area contributed by atoms with Crippen molar-refractivity contribution < 1.29 is 14.3 Å². The molecule has 0 aromatic carbocycles. The molecule has 0 N–H and O–H groups in total. The molecule has 0 spiro atoms. The van der Waals surface area contributed by atoms with E-state index in [1.807, 2.05) is 12.2 Å². The summed E-state index contributed by atoms with van der Waals surface area (Å²) in [7, 11) is 0. The van der Waals surface area contributed by atoms with E-state index in [0.717, 1.165) is 19.3 Å². The maximum absolute atomic E-state index is 11.3. The van der Waals surface area contributed by atoms with Crippen LogP contribution in [0.4, 0.5) is 0 Å². The van der Waals surface area contributed by atoms with Crippen LogP contribution >= 0.6 is 0 Å². The summed E-state index contributed by atoms with van der Waals surface area (Å²) < 4.78 is 10.8.